The summed E-state index contributed by atoms with van der Waals surface area (Å²) >= 11 is 0. The second-order valence-electron chi connectivity index (χ2n) is 12.7. The summed E-state index contributed by atoms with van der Waals surface area (Å²) in [6.07, 6.45) is 32.4. The fraction of sp³-hybridized carbons (Fsp3) is 0.969. The Bertz CT molecular complexity index is 535. The fourth-order valence-electron chi connectivity index (χ4n) is 8.04. The number of rotatable bonds is 13. The normalized spacial score (nSPS) is 35.2. The Morgan fingerprint density at radius 2 is 1.03 bits per heavy atom. The van der Waals surface area contributed by atoms with Crippen LogP contribution in [0.4, 0.5) is 0 Å². The first-order valence-electron chi connectivity index (χ1n) is 15.6. The standard InChI is InChI=1S/C32H57N/c1-3-5-7-9-11-23-32(26-33)24-21-31(22-25-32)30-19-17-29(18-20-30)28-15-13-27(14-16-28)12-10-8-6-4-2/h27-31H,3-25H2,1-2H3. The van der Waals surface area contributed by atoms with E-state index in [9.17, 15) is 5.26 Å². The Kier molecular flexibility index (Phi) is 12.1. The van der Waals surface area contributed by atoms with Gasteiger partial charge in [0.15, 0.2) is 0 Å². The maximum atomic E-state index is 9.96. The van der Waals surface area contributed by atoms with Crippen LogP contribution < -0.4 is 0 Å². The Labute approximate surface area is 207 Å². The van der Waals surface area contributed by atoms with Gasteiger partial charge in [-0.1, -0.05) is 90.9 Å². The van der Waals surface area contributed by atoms with Gasteiger partial charge in [-0.05, 0) is 100 Å². The zero-order chi connectivity index (χ0) is 23.4. The van der Waals surface area contributed by atoms with Crippen LogP contribution in [0.1, 0.15) is 162 Å². The molecule has 33 heavy (non-hydrogen) atoms. The zero-order valence-electron chi connectivity index (χ0n) is 22.6. The molecule has 3 fully saturated rings. The van der Waals surface area contributed by atoms with E-state index in [-0.39, 0.29) is 5.41 Å². The molecule has 0 saturated heterocycles. The van der Waals surface area contributed by atoms with Crippen LogP contribution in [0, 0.1) is 46.3 Å². The lowest BCUT2D eigenvalue weighted by atomic mass is 9.62. The van der Waals surface area contributed by atoms with Gasteiger partial charge in [0.25, 0.3) is 0 Å². The monoisotopic (exact) mass is 455 g/mol. The predicted octanol–water partition coefficient (Wildman–Crippen LogP) is 10.6. The largest absolute Gasteiger partial charge is 0.198 e. The lowest BCUT2D eigenvalue weighted by Crippen LogP contribution is -2.32. The van der Waals surface area contributed by atoms with Crippen LogP contribution in [0.25, 0.3) is 0 Å². The molecule has 1 nitrogen and oxygen atoms in total. The van der Waals surface area contributed by atoms with Gasteiger partial charge in [-0.25, -0.2) is 0 Å². The van der Waals surface area contributed by atoms with Gasteiger partial charge in [0.05, 0.1) is 11.5 Å². The molecule has 0 aromatic heterocycles. The number of nitrogens with zero attached hydrogens (tertiary/aromatic N) is 1. The van der Waals surface area contributed by atoms with E-state index in [2.05, 4.69) is 19.9 Å². The van der Waals surface area contributed by atoms with Gasteiger partial charge >= 0.3 is 0 Å². The van der Waals surface area contributed by atoms with Crippen LogP contribution in [0.3, 0.4) is 0 Å². The molecule has 3 aliphatic carbocycles. The molecule has 0 spiro atoms. The molecule has 0 aromatic rings. The molecule has 0 radical (unpaired) electrons. The van der Waals surface area contributed by atoms with E-state index in [0.717, 1.165) is 29.6 Å². The minimum absolute atomic E-state index is 0.0368. The van der Waals surface area contributed by atoms with E-state index in [4.69, 9.17) is 0 Å². The van der Waals surface area contributed by atoms with Gasteiger partial charge in [0.2, 0.25) is 0 Å². The molecule has 1 heteroatoms. The van der Waals surface area contributed by atoms with Gasteiger partial charge < -0.3 is 0 Å². The van der Waals surface area contributed by atoms with Crippen molar-refractivity contribution in [3.8, 4) is 6.07 Å². The average Bonchev–Trinajstić information content (AvgIpc) is 2.87. The van der Waals surface area contributed by atoms with E-state index < -0.39 is 0 Å². The number of nitriles is 1. The van der Waals surface area contributed by atoms with Gasteiger partial charge in [-0.2, -0.15) is 5.26 Å². The van der Waals surface area contributed by atoms with Crippen molar-refractivity contribution in [1.82, 2.24) is 0 Å². The van der Waals surface area contributed by atoms with Crippen LogP contribution in [0.15, 0.2) is 0 Å². The van der Waals surface area contributed by atoms with Crippen molar-refractivity contribution in [3.05, 3.63) is 0 Å². The molecule has 0 atom stereocenters. The first-order valence-corrected chi connectivity index (χ1v) is 15.6. The quantitative estimate of drug-likeness (QED) is 0.253. The molecular weight excluding hydrogens is 398 g/mol. The summed E-state index contributed by atoms with van der Waals surface area (Å²) < 4.78 is 0. The maximum absolute atomic E-state index is 9.96. The molecule has 0 aromatic carbocycles. The Morgan fingerprint density at radius 1 is 0.576 bits per heavy atom. The predicted molar refractivity (Wildman–Crippen MR) is 143 cm³/mol. The third-order valence-corrected chi connectivity index (χ3v) is 10.5. The third kappa shape index (κ3) is 8.58. The Hall–Kier alpha value is -0.510. The summed E-state index contributed by atoms with van der Waals surface area (Å²) in [5.74, 6) is 5.09. The van der Waals surface area contributed by atoms with Crippen molar-refractivity contribution < 1.29 is 0 Å². The Morgan fingerprint density at radius 3 is 1.55 bits per heavy atom. The number of unbranched alkanes of at least 4 members (excludes halogenated alkanes) is 7. The van der Waals surface area contributed by atoms with E-state index in [1.165, 1.54) is 135 Å². The molecule has 0 aliphatic heterocycles. The average molecular weight is 456 g/mol. The van der Waals surface area contributed by atoms with Gasteiger partial charge in [0, 0.05) is 0 Å². The van der Waals surface area contributed by atoms with Crippen LogP contribution in [0.2, 0.25) is 0 Å². The highest BCUT2D eigenvalue weighted by atomic mass is 14.5. The highest BCUT2D eigenvalue weighted by Crippen LogP contribution is 2.49. The summed E-state index contributed by atoms with van der Waals surface area (Å²) in [7, 11) is 0. The summed E-state index contributed by atoms with van der Waals surface area (Å²) in [5.41, 5.74) is 0.0368. The lowest BCUT2D eigenvalue weighted by molar-refractivity contribution is 0.0897. The molecule has 3 saturated carbocycles. The van der Waals surface area contributed by atoms with Crippen molar-refractivity contribution >= 4 is 0 Å². The van der Waals surface area contributed by atoms with Crippen molar-refractivity contribution in [2.75, 3.05) is 0 Å². The van der Waals surface area contributed by atoms with E-state index in [1.807, 2.05) is 0 Å². The highest BCUT2D eigenvalue weighted by molar-refractivity contribution is 5.02. The van der Waals surface area contributed by atoms with Crippen LogP contribution in [-0.4, -0.2) is 0 Å². The second-order valence-corrected chi connectivity index (χ2v) is 12.7. The summed E-state index contributed by atoms with van der Waals surface area (Å²) in [4.78, 5) is 0. The third-order valence-electron chi connectivity index (χ3n) is 10.5. The molecule has 0 amide bonds. The molecule has 3 rings (SSSR count). The molecular formula is C32H57N. The van der Waals surface area contributed by atoms with Gasteiger partial charge in [-0.3, -0.25) is 0 Å². The van der Waals surface area contributed by atoms with Gasteiger partial charge in [0.1, 0.15) is 0 Å². The number of hydrogen-bond acceptors (Lipinski definition) is 1. The fourth-order valence-corrected chi connectivity index (χ4v) is 8.04. The smallest absolute Gasteiger partial charge is 0.0689 e. The molecule has 0 heterocycles. The SMILES string of the molecule is CCCCCCCC1(C#N)CCC(C2CCC(C3CCC(CCCCCC)CC3)CC2)CC1. The molecule has 3 aliphatic rings. The van der Waals surface area contributed by atoms with Crippen molar-refractivity contribution in [2.45, 2.75) is 162 Å². The van der Waals surface area contributed by atoms with Crippen LogP contribution in [-0.2, 0) is 0 Å². The molecule has 0 unspecified atom stereocenters. The lowest BCUT2D eigenvalue weighted by Gasteiger charge is -2.43. The summed E-state index contributed by atoms with van der Waals surface area (Å²) in [5, 5.41) is 9.96. The first-order chi connectivity index (χ1) is 16.2. The molecule has 190 valence electrons. The summed E-state index contributed by atoms with van der Waals surface area (Å²) in [6, 6.07) is 2.80. The van der Waals surface area contributed by atoms with Crippen molar-refractivity contribution in [3.63, 3.8) is 0 Å². The highest BCUT2D eigenvalue weighted by Gasteiger charge is 2.39. The van der Waals surface area contributed by atoms with Crippen LogP contribution >= 0.6 is 0 Å². The van der Waals surface area contributed by atoms with E-state index in [0.29, 0.717) is 0 Å². The molecule has 0 bridgehead atoms. The minimum Gasteiger partial charge on any atom is -0.198 e. The zero-order valence-corrected chi connectivity index (χ0v) is 22.6. The van der Waals surface area contributed by atoms with E-state index >= 15 is 0 Å². The second kappa shape index (κ2) is 14.8. The van der Waals surface area contributed by atoms with Crippen molar-refractivity contribution in [2.24, 2.45) is 35.0 Å². The first kappa shape index (κ1) is 27.1. The van der Waals surface area contributed by atoms with Crippen molar-refractivity contribution in [1.29, 1.82) is 5.26 Å². The van der Waals surface area contributed by atoms with Crippen LogP contribution in [0.5, 0.6) is 0 Å². The summed E-state index contributed by atoms with van der Waals surface area (Å²) in [6.45, 7) is 4.61. The van der Waals surface area contributed by atoms with E-state index in [1.54, 1.807) is 12.8 Å². The minimum atomic E-state index is 0.0368. The Balaban J connectivity index is 1.31. The topological polar surface area (TPSA) is 23.8 Å². The van der Waals surface area contributed by atoms with Gasteiger partial charge in [-0.15, -0.1) is 0 Å². The number of hydrogen-bond donors (Lipinski definition) is 0. The maximum Gasteiger partial charge on any atom is 0.0689 e. The molecule has 0 N–H and O–H groups in total.